The van der Waals surface area contributed by atoms with Gasteiger partial charge in [-0.05, 0) is 19.1 Å². The van der Waals surface area contributed by atoms with Gasteiger partial charge in [-0.2, -0.15) is 0 Å². The Morgan fingerprint density at radius 3 is 2.14 bits per heavy atom. The molecule has 0 fully saturated rings. The van der Waals surface area contributed by atoms with Crippen LogP contribution in [0, 0.1) is 0 Å². The fourth-order valence-electron chi connectivity index (χ4n) is 1.22. The van der Waals surface area contributed by atoms with Crippen LogP contribution in [0.5, 0.6) is 5.75 Å². The van der Waals surface area contributed by atoms with E-state index in [4.69, 9.17) is 29.5 Å². The Morgan fingerprint density at radius 2 is 1.69 bits per heavy atom. The molecule has 0 spiro atoms. The summed E-state index contributed by atoms with van der Waals surface area (Å²) in [5.74, 6) is -0.822. The number of aliphatic carboxylic acids is 1. The highest BCUT2D eigenvalue weighted by molar-refractivity contribution is 5.88. The predicted octanol–water partition coefficient (Wildman–Crippen LogP) is 1.40. The summed E-state index contributed by atoms with van der Waals surface area (Å²) in [6.45, 7) is 9.32. The molecule has 1 rings (SSSR count). The zero-order chi connectivity index (χ0) is 22.5. The number of methoxy groups -OCH3 is 1. The summed E-state index contributed by atoms with van der Waals surface area (Å²) < 4.78 is 19.3. The number of benzene rings is 1. The standard InChI is InChI=1S/C10H10O2.C7H16O5.C3H4O2/c1-8(2)10(11)12-9-6-4-3-5-7-9;1-10-7(9)6-12-5-4-11-3-2-8;1-2-3(4)5/h3-7H,1H2,2H3;7-9H,2-6H2,1H3;2H,1H2,(H,4,5). The Labute approximate surface area is 170 Å². The van der Waals surface area contributed by atoms with E-state index in [1.165, 1.54) is 7.11 Å². The minimum atomic E-state index is -0.981. The molecular formula is C20H30O9. The Hall–Kier alpha value is -2.56. The number of esters is 1. The van der Waals surface area contributed by atoms with Crippen LogP contribution < -0.4 is 4.74 Å². The van der Waals surface area contributed by atoms with Crippen molar-refractivity contribution in [2.45, 2.75) is 13.2 Å². The van der Waals surface area contributed by atoms with Crippen LogP contribution in [0.3, 0.4) is 0 Å². The molecule has 0 heterocycles. The number of hydrogen-bond acceptors (Lipinski definition) is 8. The molecule has 0 aliphatic rings. The van der Waals surface area contributed by atoms with Crippen LogP contribution in [-0.2, 0) is 23.8 Å². The van der Waals surface area contributed by atoms with Gasteiger partial charge in [0.05, 0.1) is 33.0 Å². The first-order chi connectivity index (χ1) is 13.8. The van der Waals surface area contributed by atoms with Crippen molar-refractivity contribution < 1.29 is 43.9 Å². The highest BCUT2D eigenvalue weighted by Gasteiger charge is 2.03. The van der Waals surface area contributed by atoms with Crippen LogP contribution in [0.4, 0.5) is 0 Å². The van der Waals surface area contributed by atoms with Crippen molar-refractivity contribution in [3.63, 3.8) is 0 Å². The first-order valence-corrected chi connectivity index (χ1v) is 8.53. The molecule has 0 saturated carbocycles. The third-order valence-electron chi connectivity index (χ3n) is 2.62. The number of hydrogen-bond donors (Lipinski definition) is 3. The van der Waals surface area contributed by atoms with Crippen LogP contribution in [0.25, 0.3) is 0 Å². The number of aliphatic hydroxyl groups excluding tert-OH is 2. The largest absolute Gasteiger partial charge is 0.478 e. The fraction of sp³-hybridized carbons (Fsp3) is 0.400. The van der Waals surface area contributed by atoms with Gasteiger partial charge in [0.2, 0.25) is 0 Å². The van der Waals surface area contributed by atoms with Gasteiger partial charge in [-0.3, -0.25) is 0 Å². The van der Waals surface area contributed by atoms with Gasteiger partial charge < -0.3 is 34.3 Å². The van der Waals surface area contributed by atoms with Crippen molar-refractivity contribution in [3.8, 4) is 5.75 Å². The van der Waals surface area contributed by atoms with E-state index < -0.39 is 12.3 Å². The van der Waals surface area contributed by atoms with Crippen molar-refractivity contribution in [1.82, 2.24) is 0 Å². The summed E-state index contributed by atoms with van der Waals surface area (Å²) in [7, 11) is 1.40. The molecule has 164 valence electrons. The van der Waals surface area contributed by atoms with Crippen molar-refractivity contribution in [2.24, 2.45) is 0 Å². The molecule has 9 heteroatoms. The van der Waals surface area contributed by atoms with Crippen molar-refractivity contribution in [1.29, 1.82) is 0 Å². The van der Waals surface area contributed by atoms with E-state index in [0.717, 1.165) is 6.08 Å². The lowest BCUT2D eigenvalue weighted by Crippen LogP contribution is -2.19. The maximum Gasteiger partial charge on any atom is 0.338 e. The highest BCUT2D eigenvalue weighted by atomic mass is 16.6. The van der Waals surface area contributed by atoms with E-state index in [1.54, 1.807) is 31.2 Å². The molecule has 0 amide bonds. The smallest absolute Gasteiger partial charge is 0.338 e. The topological polar surface area (TPSA) is 132 Å². The molecule has 1 unspecified atom stereocenters. The summed E-state index contributed by atoms with van der Waals surface area (Å²) in [6.07, 6.45) is -0.0390. The lowest BCUT2D eigenvalue weighted by atomic mass is 10.3. The molecule has 0 aliphatic heterocycles. The minimum absolute atomic E-state index is 0.0146. The number of carboxylic acid groups (broad SMARTS) is 1. The van der Waals surface area contributed by atoms with Crippen LogP contribution in [0.2, 0.25) is 0 Å². The van der Waals surface area contributed by atoms with Gasteiger partial charge in [0.15, 0.2) is 6.29 Å². The predicted molar refractivity (Wildman–Crippen MR) is 106 cm³/mol. The molecule has 29 heavy (non-hydrogen) atoms. The maximum atomic E-state index is 11.0. The lowest BCUT2D eigenvalue weighted by Gasteiger charge is -2.08. The molecule has 0 radical (unpaired) electrons. The van der Waals surface area contributed by atoms with Gasteiger partial charge in [-0.15, -0.1) is 0 Å². The molecular weight excluding hydrogens is 384 g/mol. The van der Waals surface area contributed by atoms with Gasteiger partial charge in [0.1, 0.15) is 5.75 Å². The number of aliphatic hydroxyl groups is 2. The van der Waals surface area contributed by atoms with E-state index >= 15 is 0 Å². The number of carbonyl (C=O) groups excluding carboxylic acids is 1. The Balaban J connectivity index is 0. The van der Waals surface area contributed by atoms with Gasteiger partial charge >= 0.3 is 11.9 Å². The molecule has 1 aromatic carbocycles. The monoisotopic (exact) mass is 414 g/mol. The molecule has 1 aromatic rings. The molecule has 0 aliphatic carbocycles. The van der Waals surface area contributed by atoms with E-state index in [0.29, 0.717) is 31.1 Å². The van der Waals surface area contributed by atoms with Crippen molar-refractivity contribution in [2.75, 3.05) is 40.1 Å². The molecule has 9 nitrogen and oxygen atoms in total. The van der Waals surface area contributed by atoms with Crippen LogP contribution in [-0.4, -0.2) is 73.7 Å². The minimum Gasteiger partial charge on any atom is -0.478 e. The number of ether oxygens (including phenoxy) is 4. The van der Waals surface area contributed by atoms with E-state index in [9.17, 15) is 9.59 Å². The number of rotatable bonds is 11. The first kappa shape index (κ1) is 28.6. The Bertz CT molecular complexity index is 573. The summed E-state index contributed by atoms with van der Waals surface area (Å²) >= 11 is 0. The average Bonchev–Trinajstić information content (AvgIpc) is 2.72. The van der Waals surface area contributed by atoms with Gasteiger partial charge in [-0.1, -0.05) is 31.4 Å². The molecule has 0 aromatic heterocycles. The van der Waals surface area contributed by atoms with Crippen LogP contribution >= 0.6 is 0 Å². The van der Waals surface area contributed by atoms with Crippen molar-refractivity contribution in [3.05, 3.63) is 55.1 Å². The number of carbonyl (C=O) groups is 2. The quantitative estimate of drug-likeness (QED) is 0.162. The van der Waals surface area contributed by atoms with Crippen LogP contribution in [0.15, 0.2) is 55.1 Å². The van der Waals surface area contributed by atoms with Crippen LogP contribution in [0.1, 0.15) is 6.92 Å². The zero-order valence-corrected chi connectivity index (χ0v) is 16.8. The van der Waals surface area contributed by atoms with Crippen molar-refractivity contribution >= 4 is 11.9 Å². The summed E-state index contributed by atoms with van der Waals surface area (Å²) in [6, 6.07) is 8.92. The maximum absolute atomic E-state index is 11.0. The molecule has 3 N–H and O–H groups in total. The molecule has 1 atom stereocenters. The summed E-state index contributed by atoms with van der Waals surface area (Å²) in [5, 5.41) is 24.8. The third kappa shape index (κ3) is 21.6. The fourth-order valence-corrected chi connectivity index (χ4v) is 1.22. The normalized spacial score (nSPS) is 10.3. The second-order valence-corrected chi connectivity index (χ2v) is 5.13. The van der Waals surface area contributed by atoms with Gasteiger partial charge in [0.25, 0.3) is 0 Å². The SMILES string of the molecule is C=C(C)C(=O)Oc1ccccc1.C=CC(=O)O.COC(O)COCCOCCO. The summed E-state index contributed by atoms with van der Waals surface area (Å²) in [5.41, 5.74) is 0.402. The lowest BCUT2D eigenvalue weighted by molar-refractivity contribution is -0.131. The van der Waals surface area contributed by atoms with E-state index in [-0.39, 0.29) is 19.2 Å². The highest BCUT2D eigenvalue weighted by Crippen LogP contribution is 2.09. The van der Waals surface area contributed by atoms with E-state index in [2.05, 4.69) is 17.9 Å². The Kier molecular flexibility index (Phi) is 19.9. The number of carboxylic acids is 1. The Morgan fingerprint density at radius 1 is 1.14 bits per heavy atom. The molecule has 0 saturated heterocycles. The van der Waals surface area contributed by atoms with E-state index in [1.807, 2.05) is 6.07 Å². The van der Waals surface area contributed by atoms with Gasteiger partial charge in [-0.25, -0.2) is 9.59 Å². The zero-order valence-electron chi connectivity index (χ0n) is 16.8. The third-order valence-corrected chi connectivity index (χ3v) is 2.62. The number of para-hydroxylation sites is 1. The van der Waals surface area contributed by atoms with Gasteiger partial charge in [0, 0.05) is 18.8 Å². The second kappa shape index (κ2) is 20.2. The average molecular weight is 414 g/mol. The first-order valence-electron chi connectivity index (χ1n) is 8.53. The summed E-state index contributed by atoms with van der Waals surface area (Å²) in [4.78, 5) is 20.2. The molecule has 0 bridgehead atoms. The second-order valence-electron chi connectivity index (χ2n) is 5.13.